The fourth-order valence-corrected chi connectivity index (χ4v) is 4.08. The zero-order valence-electron chi connectivity index (χ0n) is 22.9. The van der Waals surface area contributed by atoms with Crippen LogP contribution in [-0.2, 0) is 32.0 Å². The Labute approximate surface area is 233 Å². The number of aromatic hydroxyl groups is 1. The molecule has 13 heteroatoms. The van der Waals surface area contributed by atoms with E-state index in [1.54, 1.807) is 18.3 Å². The fourth-order valence-electron chi connectivity index (χ4n) is 4.08. The van der Waals surface area contributed by atoms with Crippen molar-refractivity contribution in [2.45, 2.75) is 76.5 Å². The number of aliphatic carboxylic acids is 1. The van der Waals surface area contributed by atoms with E-state index in [1.807, 2.05) is 13.8 Å². The van der Waals surface area contributed by atoms with E-state index in [2.05, 4.69) is 25.9 Å². The highest BCUT2D eigenvalue weighted by Gasteiger charge is 2.30. The molecule has 3 amide bonds. The van der Waals surface area contributed by atoms with Crippen molar-refractivity contribution < 1.29 is 29.4 Å². The first-order chi connectivity index (χ1) is 19.0. The molecule has 0 saturated heterocycles. The summed E-state index contributed by atoms with van der Waals surface area (Å²) in [6.45, 7) is 4.08. The van der Waals surface area contributed by atoms with E-state index >= 15 is 0 Å². The smallest absolute Gasteiger partial charge is 0.326 e. The number of imidazole rings is 1. The monoisotopic (exact) mass is 559 g/mol. The van der Waals surface area contributed by atoms with E-state index in [1.165, 1.54) is 18.5 Å². The summed E-state index contributed by atoms with van der Waals surface area (Å²) in [4.78, 5) is 58.0. The lowest BCUT2D eigenvalue weighted by Gasteiger charge is -2.26. The molecule has 4 atom stereocenters. The number of unbranched alkanes of at least 4 members (excludes halogenated alkanes) is 1. The summed E-state index contributed by atoms with van der Waals surface area (Å²) >= 11 is 0. The predicted molar refractivity (Wildman–Crippen MR) is 148 cm³/mol. The van der Waals surface area contributed by atoms with Gasteiger partial charge in [-0.05, 0) is 55.8 Å². The van der Waals surface area contributed by atoms with Crippen LogP contribution in [-0.4, -0.2) is 74.6 Å². The van der Waals surface area contributed by atoms with Gasteiger partial charge in [0.05, 0.1) is 12.4 Å². The zero-order valence-corrected chi connectivity index (χ0v) is 22.9. The van der Waals surface area contributed by atoms with Crippen LogP contribution in [0.3, 0.4) is 0 Å². The second-order valence-electron chi connectivity index (χ2n) is 10.2. The van der Waals surface area contributed by atoms with Crippen molar-refractivity contribution in [2.75, 3.05) is 6.54 Å². The van der Waals surface area contributed by atoms with E-state index in [0.717, 1.165) is 0 Å². The average Bonchev–Trinajstić information content (AvgIpc) is 3.41. The molecule has 1 aromatic carbocycles. The Morgan fingerprint density at radius 2 is 1.55 bits per heavy atom. The number of aromatic amines is 1. The van der Waals surface area contributed by atoms with Crippen molar-refractivity contribution in [2.24, 2.45) is 17.4 Å². The molecular formula is C27H41N7O6. The Morgan fingerprint density at radius 3 is 2.12 bits per heavy atom. The third kappa shape index (κ3) is 11.0. The maximum Gasteiger partial charge on any atom is 0.326 e. The SMILES string of the molecule is CC(C)CC(NC(=O)C(CCCCN)NC(=O)C(Cc1ccc(O)cc1)NC(=O)C(N)Cc1cnc[nH]1)C(=O)O. The number of nitrogens with two attached hydrogens (primary N) is 2. The fraction of sp³-hybridized carbons (Fsp3) is 0.519. The number of nitrogens with one attached hydrogen (secondary N) is 4. The molecule has 0 fully saturated rings. The highest BCUT2D eigenvalue weighted by molar-refractivity contribution is 5.94. The van der Waals surface area contributed by atoms with E-state index in [0.29, 0.717) is 30.6 Å². The first-order valence-corrected chi connectivity index (χ1v) is 13.3. The number of carboxylic acids is 1. The van der Waals surface area contributed by atoms with E-state index in [9.17, 15) is 29.4 Å². The molecule has 2 aromatic rings. The summed E-state index contributed by atoms with van der Waals surface area (Å²) in [6, 6.07) is 1.88. The first-order valence-electron chi connectivity index (χ1n) is 13.3. The standard InChI is InChI=1S/C27H41N7O6/c1-16(2)11-23(27(39)40)34-25(37)21(5-3-4-10-28)32-26(38)22(12-17-6-8-19(35)9-7-17)33-24(36)20(29)13-18-14-30-15-31-18/h6-9,14-16,20-23,35H,3-5,10-13,28-29H2,1-2H3,(H,30,31)(H,32,38)(H,33,36)(H,34,37)(H,39,40). The summed E-state index contributed by atoms with van der Waals surface area (Å²) in [5, 5.41) is 27.1. The number of benzene rings is 1. The molecule has 0 bridgehead atoms. The van der Waals surface area contributed by atoms with Crippen molar-refractivity contribution in [1.82, 2.24) is 25.9 Å². The minimum atomic E-state index is -1.17. The van der Waals surface area contributed by atoms with Crippen LogP contribution in [0, 0.1) is 5.92 Å². The molecule has 0 aliphatic rings. The number of H-pyrrole nitrogens is 1. The number of phenolic OH excluding ortho intramolecular Hbond substituents is 1. The number of carboxylic acid groups (broad SMARTS) is 1. The summed E-state index contributed by atoms with van der Waals surface area (Å²) in [5.74, 6) is -2.97. The minimum Gasteiger partial charge on any atom is -0.508 e. The second kappa shape index (κ2) is 16.2. The topological polar surface area (TPSA) is 226 Å². The molecule has 0 aliphatic heterocycles. The zero-order chi connectivity index (χ0) is 29.7. The third-order valence-electron chi connectivity index (χ3n) is 6.24. The Kier molecular flexibility index (Phi) is 13.1. The largest absolute Gasteiger partial charge is 0.508 e. The molecule has 220 valence electrons. The molecule has 10 N–H and O–H groups in total. The number of rotatable bonds is 17. The summed E-state index contributed by atoms with van der Waals surface area (Å²) in [5.41, 5.74) is 13.0. The average molecular weight is 560 g/mol. The minimum absolute atomic E-state index is 0.0163. The summed E-state index contributed by atoms with van der Waals surface area (Å²) in [6.07, 6.45) is 4.78. The van der Waals surface area contributed by atoms with Crippen LogP contribution in [0.1, 0.15) is 50.8 Å². The number of aromatic nitrogens is 2. The number of hydrogen-bond donors (Lipinski definition) is 8. The van der Waals surface area contributed by atoms with Crippen molar-refractivity contribution in [1.29, 1.82) is 0 Å². The van der Waals surface area contributed by atoms with Gasteiger partial charge in [-0.1, -0.05) is 26.0 Å². The van der Waals surface area contributed by atoms with Gasteiger partial charge < -0.3 is 42.6 Å². The van der Waals surface area contributed by atoms with Crippen molar-refractivity contribution in [3.63, 3.8) is 0 Å². The molecule has 13 nitrogen and oxygen atoms in total. The number of nitrogens with zero attached hydrogens (tertiary/aromatic N) is 1. The van der Waals surface area contributed by atoms with Crippen LogP contribution >= 0.6 is 0 Å². The number of phenols is 1. The Balaban J connectivity index is 2.22. The summed E-state index contributed by atoms with van der Waals surface area (Å²) < 4.78 is 0. The highest BCUT2D eigenvalue weighted by atomic mass is 16.4. The van der Waals surface area contributed by atoms with Gasteiger partial charge in [0.1, 0.15) is 23.9 Å². The number of carbonyl (C=O) groups excluding carboxylic acids is 3. The molecule has 2 rings (SSSR count). The van der Waals surface area contributed by atoms with Crippen LogP contribution in [0.15, 0.2) is 36.8 Å². The Bertz CT molecular complexity index is 1090. The molecule has 1 aromatic heterocycles. The molecule has 0 radical (unpaired) electrons. The molecule has 0 aliphatic carbocycles. The van der Waals surface area contributed by atoms with Gasteiger partial charge in [-0.2, -0.15) is 0 Å². The number of carbonyl (C=O) groups is 4. The van der Waals surface area contributed by atoms with Crippen molar-refractivity contribution >= 4 is 23.7 Å². The molecule has 0 saturated carbocycles. The molecular weight excluding hydrogens is 518 g/mol. The van der Waals surface area contributed by atoms with Gasteiger partial charge in [-0.25, -0.2) is 9.78 Å². The van der Waals surface area contributed by atoms with Gasteiger partial charge >= 0.3 is 5.97 Å². The maximum absolute atomic E-state index is 13.5. The molecule has 40 heavy (non-hydrogen) atoms. The van der Waals surface area contributed by atoms with E-state index < -0.39 is 47.9 Å². The molecule has 1 heterocycles. The van der Waals surface area contributed by atoms with Crippen LogP contribution < -0.4 is 27.4 Å². The van der Waals surface area contributed by atoms with Gasteiger partial charge in [0.25, 0.3) is 0 Å². The third-order valence-corrected chi connectivity index (χ3v) is 6.24. The van der Waals surface area contributed by atoms with Crippen molar-refractivity contribution in [3.8, 4) is 5.75 Å². The maximum atomic E-state index is 13.5. The van der Waals surface area contributed by atoms with Crippen LogP contribution in [0.2, 0.25) is 0 Å². The van der Waals surface area contributed by atoms with Crippen LogP contribution in [0.25, 0.3) is 0 Å². The van der Waals surface area contributed by atoms with Crippen LogP contribution in [0.4, 0.5) is 0 Å². The number of amides is 3. The number of hydrogen-bond acceptors (Lipinski definition) is 8. The normalized spacial score (nSPS) is 14.1. The predicted octanol–water partition coefficient (Wildman–Crippen LogP) is -0.0581. The lowest BCUT2D eigenvalue weighted by atomic mass is 10.0. The van der Waals surface area contributed by atoms with Gasteiger partial charge in [0.15, 0.2) is 0 Å². The van der Waals surface area contributed by atoms with Crippen LogP contribution in [0.5, 0.6) is 5.75 Å². The molecule has 0 spiro atoms. The highest BCUT2D eigenvalue weighted by Crippen LogP contribution is 2.13. The second-order valence-corrected chi connectivity index (χ2v) is 10.2. The lowest BCUT2D eigenvalue weighted by molar-refractivity contribution is -0.142. The Morgan fingerprint density at radius 1 is 0.925 bits per heavy atom. The molecule has 4 unspecified atom stereocenters. The Hall–Kier alpha value is -3.97. The van der Waals surface area contributed by atoms with Gasteiger partial charge in [0, 0.05) is 24.7 Å². The van der Waals surface area contributed by atoms with Gasteiger partial charge in [-0.15, -0.1) is 0 Å². The quantitative estimate of drug-likeness (QED) is 0.121. The summed E-state index contributed by atoms with van der Waals surface area (Å²) in [7, 11) is 0. The van der Waals surface area contributed by atoms with Gasteiger partial charge in [-0.3, -0.25) is 14.4 Å². The van der Waals surface area contributed by atoms with Gasteiger partial charge in [0.2, 0.25) is 17.7 Å². The first kappa shape index (κ1) is 32.2. The van der Waals surface area contributed by atoms with E-state index in [-0.39, 0.29) is 37.4 Å². The van der Waals surface area contributed by atoms with E-state index in [4.69, 9.17) is 11.5 Å². The lowest BCUT2D eigenvalue weighted by Crippen LogP contribution is -2.57. The van der Waals surface area contributed by atoms with Crippen molar-refractivity contribution in [3.05, 3.63) is 48.0 Å².